The highest BCUT2D eigenvalue weighted by Crippen LogP contribution is 2.05. The molecule has 0 bridgehead atoms. The molecule has 0 fully saturated rings. The Balaban J connectivity index is -0.000000165. The Labute approximate surface area is 178 Å². The minimum Gasteiger partial charge on any atom is -0.466 e. The van der Waals surface area contributed by atoms with Gasteiger partial charge in [-0.15, -0.1) is 0 Å². The zero-order chi connectivity index (χ0) is 21.5. The minimum absolute atomic E-state index is 0. The van der Waals surface area contributed by atoms with Gasteiger partial charge in [-0.25, -0.2) is 0 Å². The zero-order valence-corrected chi connectivity index (χ0v) is 18.9. The number of ether oxygens (including phenoxy) is 6. The molecule has 0 unspecified atom stereocenters. The molecular formula is C18H40BrNO8. The van der Waals surface area contributed by atoms with Crippen LogP contribution in [0.3, 0.4) is 0 Å². The molecule has 2 N–H and O–H groups in total. The summed E-state index contributed by atoms with van der Waals surface area (Å²) in [5.41, 5.74) is 5.14. The molecule has 0 aromatic carbocycles. The Morgan fingerprint density at radius 2 is 1.29 bits per heavy atom. The molecule has 0 aromatic heterocycles. The van der Waals surface area contributed by atoms with E-state index in [1.54, 1.807) is 42.3 Å². The van der Waals surface area contributed by atoms with Gasteiger partial charge in [0.25, 0.3) is 0 Å². The summed E-state index contributed by atoms with van der Waals surface area (Å²) in [6.07, 6.45) is 1.42. The number of carbonyl (C=O) groups excluding carboxylic acids is 2. The van der Waals surface area contributed by atoms with E-state index in [1.165, 1.54) is 0 Å². The first-order valence-electron chi connectivity index (χ1n) is 8.58. The van der Waals surface area contributed by atoms with Gasteiger partial charge in [0.05, 0.1) is 13.2 Å². The van der Waals surface area contributed by atoms with Crippen LogP contribution in [0.5, 0.6) is 0 Å². The number of hydrogen-bond acceptors (Lipinski definition) is 9. The first-order chi connectivity index (χ1) is 12.9. The van der Waals surface area contributed by atoms with Gasteiger partial charge in [0.2, 0.25) is 0 Å². The summed E-state index contributed by atoms with van der Waals surface area (Å²) in [4.78, 5) is 21.0. The van der Waals surface area contributed by atoms with Crippen molar-refractivity contribution in [3.8, 4) is 0 Å². The zero-order valence-electron chi connectivity index (χ0n) is 17.3. The second kappa shape index (κ2) is 28.4. The molecule has 9 nitrogen and oxygen atoms in total. The fraction of sp³-hybridized carbons (Fsp3) is 0.889. The fourth-order valence-electron chi connectivity index (χ4n) is 1.47. The summed E-state index contributed by atoms with van der Waals surface area (Å²) < 4.78 is 28.6. The molecule has 0 amide bonds. The molecule has 0 heterocycles. The Hall–Kier alpha value is -0.780. The van der Waals surface area contributed by atoms with Gasteiger partial charge >= 0.3 is 11.9 Å². The van der Waals surface area contributed by atoms with E-state index >= 15 is 0 Å². The average molecular weight is 478 g/mol. The Morgan fingerprint density at radius 3 is 1.54 bits per heavy atom. The van der Waals surface area contributed by atoms with Crippen LogP contribution in [0.15, 0.2) is 0 Å². The molecule has 0 radical (unpaired) electrons. The molecule has 0 atom stereocenters. The first kappa shape index (κ1) is 34.7. The van der Waals surface area contributed by atoms with Crippen molar-refractivity contribution in [2.75, 3.05) is 53.5 Å². The van der Waals surface area contributed by atoms with Gasteiger partial charge in [-0.2, -0.15) is 0 Å². The Kier molecular flexibility index (Phi) is 35.2. The normalized spacial score (nSPS) is 9.50. The van der Waals surface area contributed by atoms with Gasteiger partial charge in [0.15, 0.2) is 12.6 Å². The summed E-state index contributed by atoms with van der Waals surface area (Å²) >= 11 is 2.94. The largest absolute Gasteiger partial charge is 0.466 e. The molecule has 0 saturated heterocycles. The third-order valence-corrected chi connectivity index (χ3v) is 3.24. The summed E-state index contributed by atoms with van der Waals surface area (Å²) in [7, 11) is 6.28. The fourth-order valence-corrected chi connectivity index (χ4v) is 1.63. The lowest BCUT2D eigenvalue weighted by molar-refractivity contribution is -0.144. The number of halogens is 1. The topological polar surface area (TPSA) is 116 Å². The molecule has 0 spiro atoms. The maximum atomic E-state index is 10.9. The van der Waals surface area contributed by atoms with Crippen LogP contribution in [0.4, 0.5) is 0 Å². The van der Waals surface area contributed by atoms with Crippen molar-refractivity contribution in [3.63, 3.8) is 0 Å². The van der Waals surface area contributed by atoms with E-state index in [0.29, 0.717) is 37.9 Å². The first-order valence-corrected chi connectivity index (χ1v) is 9.70. The van der Waals surface area contributed by atoms with Crippen molar-refractivity contribution in [2.45, 2.75) is 53.1 Å². The van der Waals surface area contributed by atoms with Gasteiger partial charge < -0.3 is 34.2 Å². The summed E-state index contributed by atoms with van der Waals surface area (Å²) in [6.45, 7) is 4.89. The van der Waals surface area contributed by atoms with E-state index in [4.69, 9.17) is 29.4 Å². The van der Waals surface area contributed by atoms with E-state index in [-0.39, 0.29) is 31.9 Å². The monoisotopic (exact) mass is 477 g/mol. The maximum Gasteiger partial charge on any atom is 0.316 e. The quantitative estimate of drug-likeness (QED) is 0.257. The number of methoxy groups -OCH3 is 4. The minimum atomic E-state index is -0.236. The van der Waals surface area contributed by atoms with Gasteiger partial charge in [-0.05, 0) is 26.7 Å². The molecular weight excluding hydrogens is 438 g/mol. The van der Waals surface area contributed by atoms with Crippen molar-refractivity contribution >= 4 is 27.9 Å². The van der Waals surface area contributed by atoms with Crippen molar-refractivity contribution in [3.05, 3.63) is 0 Å². The lowest BCUT2D eigenvalue weighted by atomic mass is 10.2. The summed E-state index contributed by atoms with van der Waals surface area (Å²) in [5, 5.41) is 0.292. The van der Waals surface area contributed by atoms with Crippen LogP contribution >= 0.6 is 15.9 Å². The van der Waals surface area contributed by atoms with Gasteiger partial charge in [0, 0.05) is 41.4 Å². The van der Waals surface area contributed by atoms with Crippen LogP contribution in [0.25, 0.3) is 0 Å². The summed E-state index contributed by atoms with van der Waals surface area (Å²) in [5.74, 6) is -0.365. The van der Waals surface area contributed by atoms with Crippen molar-refractivity contribution in [2.24, 2.45) is 5.73 Å². The van der Waals surface area contributed by atoms with E-state index in [9.17, 15) is 9.59 Å². The molecule has 0 rings (SSSR count). The van der Waals surface area contributed by atoms with Crippen LogP contribution in [0, 0.1) is 0 Å². The number of rotatable bonds is 12. The Morgan fingerprint density at radius 1 is 0.857 bits per heavy atom. The van der Waals surface area contributed by atoms with E-state index in [1.807, 2.05) is 0 Å². The predicted octanol–water partition coefficient (Wildman–Crippen LogP) is 2.48. The van der Waals surface area contributed by atoms with Crippen molar-refractivity contribution in [1.82, 2.24) is 0 Å². The van der Waals surface area contributed by atoms with E-state index < -0.39 is 0 Å². The smallest absolute Gasteiger partial charge is 0.316 e. The van der Waals surface area contributed by atoms with Crippen LogP contribution in [-0.2, 0) is 38.0 Å². The molecule has 28 heavy (non-hydrogen) atoms. The highest BCUT2D eigenvalue weighted by atomic mass is 79.9. The third kappa shape index (κ3) is 27.4. The van der Waals surface area contributed by atoms with Crippen LogP contribution in [0.1, 0.15) is 40.5 Å². The summed E-state index contributed by atoms with van der Waals surface area (Å²) in [6, 6.07) is 0. The second-order valence-corrected chi connectivity index (χ2v) is 5.23. The molecule has 0 aromatic rings. The van der Waals surface area contributed by atoms with Crippen molar-refractivity contribution < 1.29 is 38.0 Å². The third-order valence-electron chi connectivity index (χ3n) is 2.78. The highest BCUT2D eigenvalue weighted by Gasteiger charge is 2.07. The highest BCUT2D eigenvalue weighted by molar-refractivity contribution is 9.09. The van der Waals surface area contributed by atoms with Crippen LogP contribution < -0.4 is 5.73 Å². The SMILES string of the molecule is C.CCOC(=O)CBr.CCOC(=O)CCCC(OC)OC.COC(CN)OC. The molecule has 0 aliphatic heterocycles. The molecule has 10 heteroatoms. The number of nitrogens with two attached hydrogens (primary N) is 1. The Bertz CT molecular complexity index is 321. The predicted molar refractivity (Wildman–Crippen MR) is 112 cm³/mol. The number of hydrogen-bond donors (Lipinski definition) is 1. The molecule has 0 aliphatic rings. The number of alkyl halides is 1. The number of carbonyl (C=O) groups is 2. The van der Waals surface area contributed by atoms with E-state index in [0.717, 1.165) is 6.42 Å². The lowest BCUT2D eigenvalue weighted by Gasteiger charge is -2.12. The molecule has 172 valence electrons. The van der Waals surface area contributed by atoms with Gasteiger partial charge in [0.1, 0.15) is 5.33 Å². The van der Waals surface area contributed by atoms with E-state index in [2.05, 4.69) is 20.7 Å². The van der Waals surface area contributed by atoms with Crippen molar-refractivity contribution in [1.29, 1.82) is 0 Å². The molecule has 0 aliphatic carbocycles. The van der Waals surface area contributed by atoms with Crippen LogP contribution in [-0.4, -0.2) is 78.0 Å². The van der Waals surface area contributed by atoms with Gasteiger partial charge in [-0.3, -0.25) is 9.59 Å². The number of esters is 2. The maximum absolute atomic E-state index is 10.9. The second-order valence-electron chi connectivity index (χ2n) is 4.67. The van der Waals surface area contributed by atoms with Crippen LogP contribution in [0.2, 0.25) is 0 Å². The average Bonchev–Trinajstić information content (AvgIpc) is 2.68. The molecule has 0 saturated carbocycles. The lowest BCUT2D eigenvalue weighted by Crippen LogP contribution is -2.23. The standard InChI is InChI=1S/C9H18O4.C4H7BrO2.C4H11NO2.CH4/c1-4-13-8(10)6-5-7-9(11-2)12-3;1-2-7-4(6)3-5;1-6-4(3-5)7-2;/h9H,4-7H2,1-3H3;2-3H2,1H3;4H,3,5H2,1-2H3;1H4. The van der Waals surface area contributed by atoms with Gasteiger partial charge in [-0.1, -0.05) is 23.4 Å².